The molecular formula is C24H36N2O4. The van der Waals surface area contributed by atoms with Crippen LogP contribution >= 0.6 is 0 Å². The lowest BCUT2D eigenvalue weighted by Crippen LogP contribution is -2.49. The number of amides is 2. The third-order valence-corrected chi connectivity index (χ3v) is 6.10. The van der Waals surface area contributed by atoms with E-state index in [1.807, 2.05) is 45.9 Å². The molecule has 1 aliphatic heterocycles. The third-order valence-electron chi connectivity index (χ3n) is 6.10. The van der Waals surface area contributed by atoms with E-state index in [9.17, 15) is 9.59 Å². The van der Waals surface area contributed by atoms with Gasteiger partial charge in [-0.1, -0.05) is 26.8 Å². The Morgan fingerprint density at radius 2 is 1.80 bits per heavy atom. The van der Waals surface area contributed by atoms with E-state index in [4.69, 9.17) is 9.47 Å². The van der Waals surface area contributed by atoms with Crippen LogP contribution in [0.25, 0.3) is 0 Å². The summed E-state index contributed by atoms with van der Waals surface area (Å²) in [5.74, 6) is 1.38. The highest BCUT2D eigenvalue weighted by molar-refractivity contribution is 5.90. The van der Waals surface area contributed by atoms with E-state index >= 15 is 0 Å². The average Bonchev–Trinajstić information content (AvgIpc) is 3.38. The Bertz CT molecular complexity index is 765. The maximum Gasteiger partial charge on any atom is 0.243 e. The van der Waals surface area contributed by atoms with Crippen molar-refractivity contribution < 1.29 is 19.1 Å². The predicted molar refractivity (Wildman–Crippen MR) is 117 cm³/mol. The number of ether oxygens (including phenoxy) is 2. The zero-order valence-corrected chi connectivity index (χ0v) is 19.0. The first kappa shape index (κ1) is 22.4. The maximum absolute atomic E-state index is 13.0. The number of carbonyl (C=O) groups excluding carboxylic acids is 2. The van der Waals surface area contributed by atoms with Crippen LogP contribution in [-0.2, 0) is 9.59 Å². The molecule has 3 rings (SSSR count). The first-order valence-electron chi connectivity index (χ1n) is 11.2. The van der Waals surface area contributed by atoms with E-state index in [1.54, 1.807) is 12.0 Å². The predicted octanol–water partition coefficient (Wildman–Crippen LogP) is 4.23. The second-order valence-corrected chi connectivity index (χ2v) is 9.57. The van der Waals surface area contributed by atoms with Crippen molar-refractivity contribution in [3.63, 3.8) is 0 Å². The minimum Gasteiger partial charge on any atom is -0.493 e. The normalized spacial score (nSPS) is 20.8. The van der Waals surface area contributed by atoms with Crippen molar-refractivity contribution in [2.24, 2.45) is 5.41 Å². The second kappa shape index (κ2) is 9.27. The van der Waals surface area contributed by atoms with E-state index in [1.165, 1.54) is 12.8 Å². The summed E-state index contributed by atoms with van der Waals surface area (Å²) in [6.07, 6.45) is 6.42. The molecule has 1 N–H and O–H groups in total. The standard InChI is InChI=1S/C24H36N2O4/c1-16(25-22(27)19-11-8-14-26(19)23(28)24(2,3)4)17-12-13-20(21(15-17)29-5)30-18-9-6-7-10-18/h12-13,15-16,18-19H,6-11,14H2,1-5H3,(H,25,27). The van der Waals surface area contributed by atoms with Crippen LogP contribution in [0.5, 0.6) is 11.5 Å². The number of hydrogen-bond acceptors (Lipinski definition) is 4. The van der Waals surface area contributed by atoms with Crippen LogP contribution in [0.4, 0.5) is 0 Å². The molecule has 6 heteroatoms. The topological polar surface area (TPSA) is 67.9 Å². The molecule has 2 atom stereocenters. The molecule has 1 aromatic rings. The Hall–Kier alpha value is -2.24. The first-order valence-corrected chi connectivity index (χ1v) is 11.2. The van der Waals surface area contributed by atoms with Gasteiger partial charge < -0.3 is 19.7 Å². The molecule has 1 heterocycles. The van der Waals surface area contributed by atoms with Gasteiger partial charge in [0, 0.05) is 12.0 Å². The van der Waals surface area contributed by atoms with Gasteiger partial charge in [0.05, 0.1) is 19.3 Å². The number of methoxy groups -OCH3 is 1. The molecule has 166 valence electrons. The lowest BCUT2D eigenvalue weighted by atomic mass is 9.94. The van der Waals surface area contributed by atoms with Crippen LogP contribution in [0.15, 0.2) is 18.2 Å². The molecule has 2 unspecified atom stereocenters. The van der Waals surface area contributed by atoms with Crippen molar-refractivity contribution in [2.45, 2.75) is 84.4 Å². The molecule has 0 bridgehead atoms. The van der Waals surface area contributed by atoms with Gasteiger partial charge in [-0.25, -0.2) is 0 Å². The molecule has 1 saturated carbocycles. The van der Waals surface area contributed by atoms with Gasteiger partial charge in [-0.2, -0.15) is 0 Å². The molecule has 0 radical (unpaired) electrons. The Balaban J connectivity index is 1.66. The summed E-state index contributed by atoms with van der Waals surface area (Å²) in [5.41, 5.74) is 0.461. The van der Waals surface area contributed by atoms with Gasteiger partial charge in [-0.05, 0) is 63.1 Å². The van der Waals surface area contributed by atoms with E-state index in [-0.39, 0.29) is 24.0 Å². The van der Waals surface area contributed by atoms with Crippen LogP contribution in [0.2, 0.25) is 0 Å². The number of nitrogens with zero attached hydrogens (tertiary/aromatic N) is 1. The molecule has 1 aromatic carbocycles. The molecule has 0 spiro atoms. The summed E-state index contributed by atoms with van der Waals surface area (Å²) in [5, 5.41) is 3.09. The Labute approximate surface area is 180 Å². The van der Waals surface area contributed by atoms with Gasteiger partial charge in [-0.15, -0.1) is 0 Å². The van der Waals surface area contributed by atoms with Crippen molar-refractivity contribution in [2.75, 3.05) is 13.7 Å². The van der Waals surface area contributed by atoms with Crippen LogP contribution in [0.1, 0.15) is 77.8 Å². The molecule has 6 nitrogen and oxygen atoms in total. The molecule has 30 heavy (non-hydrogen) atoms. The Morgan fingerprint density at radius 3 is 2.43 bits per heavy atom. The zero-order chi connectivity index (χ0) is 21.9. The van der Waals surface area contributed by atoms with Crippen molar-refractivity contribution >= 4 is 11.8 Å². The van der Waals surface area contributed by atoms with Crippen molar-refractivity contribution in [3.05, 3.63) is 23.8 Å². The zero-order valence-electron chi connectivity index (χ0n) is 19.0. The van der Waals surface area contributed by atoms with Crippen molar-refractivity contribution in [3.8, 4) is 11.5 Å². The lowest BCUT2D eigenvalue weighted by molar-refractivity contribution is -0.144. The van der Waals surface area contributed by atoms with Gasteiger partial charge in [0.1, 0.15) is 6.04 Å². The number of hydrogen-bond donors (Lipinski definition) is 1. The number of carbonyl (C=O) groups is 2. The van der Waals surface area contributed by atoms with Gasteiger partial charge in [0.25, 0.3) is 0 Å². The number of rotatable bonds is 6. The lowest BCUT2D eigenvalue weighted by Gasteiger charge is -2.31. The molecule has 1 aliphatic carbocycles. The summed E-state index contributed by atoms with van der Waals surface area (Å²) in [4.78, 5) is 27.4. The largest absolute Gasteiger partial charge is 0.493 e. The van der Waals surface area contributed by atoms with Crippen molar-refractivity contribution in [1.29, 1.82) is 0 Å². The molecular weight excluding hydrogens is 380 g/mol. The summed E-state index contributed by atoms with van der Waals surface area (Å²) in [7, 11) is 1.64. The highest BCUT2D eigenvalue weighted by Crippen LogP contribution is 2.34. The molecule has 2 aliphatic rings. The number of nitrogens with one attached hydrogen (secondary N) is 1. The van der Waals surface area contributed by atoms with Crippen LogP contribution in [-0.4, -0.2) is 42.5 Å². The highest BCUT2D eigenvalue weighted by atomic mass is 16.5. The highest BCUT2D eigenvalue weighted by Gasteiger charge is 2.38. The van der Waals surface area contributed by atoms with Crippen LogP contribution in [0.3, 0.4) is 0 Å². The van der Waals surface area contributed by atoms with Crippen LogP contribution < -0.4 is 14.8 Å². The average molecular weight is 417 g/mol. The minimum atomic E-state index is -0.489. The summed E-state index contributed by atoms with van der Waals surface area (Å²) < 4.78 is 11.7. The van der Waals surface area contributed by atoms with Crippen molar-refractivity contribution in [1.82, 2.24) is 10.2 Å². The minimum absolute atomic E-state index is 0.0305. The smallest absolute Gasteiger partial charge is 0.243 e. The van der Waals surface area contributed by atoms with Gasteiger partial charge in [0.2, 0.25) is 11.8 Å². The van der Waals surface area contributed by atoms with Gasteiger partial charge in [-0.3, -0.25) is 9.59 Å². The summed E-state index contributed by atoms with van der Waals surface area (Å²) in [6, 6.07) is 5.25. The van der Waals surface area contributed by atoms with Crippen LogP contribution in [0, 0.1) is 5.41 Å². The molecule has 2 amide bonds. The fourth-order valence-corrected chi connectivity index (χ4v) is 4.34. The second-order valence-electron chi connectivity index (χ2n) is 9.57. The quantitative estimate of drug-likeness (QED) is 0.753. The van der Waals surface area contributed by atoms with Gasteiger partial charge >= 0.3 is 0 Å². The fourth-order valence-electron chi connectivity index (χ4n) is 4.34. The Morgan fingerprint density at radius 1 is 1.10 bits per heavy atom. The monoisotopic (exact) mass is 416 g/mol. The van der Waals surface area contributed by atoms with E-state index in [2.05, 4.69) is 5.32 Å². The molecule has 2 fully saturated rings. The Kier molecular flexibility index (Phi) is 6.94. The van der Waals surface area contributed by atoms with Gasteiger partial charge in [0.15, 0.2) is 11.5 Å². The SMILES string of the molecule is COc1cc(C(C)NC(=O)C2CCCN2C(=O)C(C)(C)C)ccc1OC1CCCC1. The first-order chi connectivity index (χ1) is 14.2. The summed E-state index contributed by atoms with van der Waals surface area (Å²) >= 11 is 0. The number of likely N-dealkylation sites (tertiary alicyclic amines) is 1. The molecule has 1 saturated heterocycles. The fraction of sp³-hybridized carbons (Fsp3) is 0.667. The van der Waals surface area contributed by atoms with E-state index in [0.717, 1.165) is 30.6 Å². The third kappa shape index (κ3) is 5.08. The maximum atomic E-state index is 13.0. The van der Waals surface area contributed by atoms with E-state index in [0.29, 0.717) is 18.7 Å². The number of benzene rings is 1. The molecule has 0 aromatic heterocycles. The summed E-state index contributed by atoms with van der Waals surface area (Å²) in [6.45, 7) is 8.28. The van der Waals surface area contributed by atoms with E-state index < -0.39 is 11.5 Å².